The number of pyridine rings is 1. The molecular weight excluding hydrogens is 442 g/mol. The van der Waals surface area contributed by atoms with Gasteiger partial charge in [-0.15, -0.1) is 0 Å². The molecule has 0 radical (unpaired) electrons. The van der Waals surface area contributed by atoms with Crippen molar-refractivity contribution in [1.29, 1.82) is 0 Å². The maximum atomic E-state index is 12.6. The normalized spacial score (nSPS) is 11.5. The van der Waals surface area contributed by atoms with Crippen LogP contribution in [0.3, 0.4) is 0 Å². The largest absolute Gasteiger partial charge is 0.478 e. The molecule has 158 valence electrons. The Balaban J connectivity index is 1.64. The lowest BCUT2D eigenvalue weighted by atomic mass is 10.0. The molecule has 0 spiro atoms. The van der Waals surface area contributed by atoms with Crippen LogP contribution in [0.2, 0.25) is 10.0 Å². The average Bonchev–Trinajstić information content (AvgIpc) is 3.09. The van der Waals surface area contributed by atoms with E-state index in [2.05, 4.69) is 10.3 Å². The van der Waals surface area contributed by atoms with Crippen molar-refractivity contribution in [3.8, 4) is 11.1 Å². The van der Waals surface area contributed by atoms with Crippen LogP contribution in [-0.4, -0.2) is 27.2 Å². The lowest BCUT2D eigenvalue weighted by Gasteiger charge is -2.09. The summed E-state index contributed by atoms with van der Waals surface area (Å²) in [7, 11) is 0. The molecule has 3 aromatic rings. The SMILES string of the molecule is O=C(O)c1cn(CCCNc2ccc(C(F)(F)F)cn2)cc1-c1ccc(Cl)cc1Cl. The van der Waals surface area contributed by atoms with Gasteiger partial charge in [0.25, 0.3) is 0 Å². The van der Waals surface area contributed by atoms with Crippen molar-refractivity contribution in [3.63, 3.8) is 0 Å². The van der Waals surface area contributed by atoms with Gasteiger partial charge in [-0.2, -0.15) is 13.2 Å². The van der Waals surface area contributed by atoms with Gasteiger partial charge in [-0.05, 0) is 30.7 Å². The second-order valence-corrected chi connectivity index (χ2v) is 7.31. The quantitative estimate of drug-likeness (QED) is 0.422. The Bertz CT molecular complexity index is 1050. The predicted molar refractivity (Wildman–Crippen MR) is 109 cm³/mol. The maximum absolute atomic E-state index is 12.6. The van der Waals surface area contributed by atoms with E-state index in [1.165, 1.54) is 12.3 Å². The van der Waals surface area contributed by atoms with Crippen molar-refractivity contribution in [2.45, 2.75) is 19.1 Å². The second kappa shape index (κ2) is 8.97. The van der Waals surface area contributed by atoms with E-state index in [1.54, 1.807) is 29.0 Å². The van der Waals surface area contributed by atoms with Crippen LogP contribution >= 0.6 is 23.2 Å². The zero-order chi connectivity index (χ0) is 21.9. The van der Waals surface area contributed by atoms with Crippen LogP contribution in [0.15, 0.2) is 48.9 Å². The van der Waals surface area contributed by atoms with Gasteiger partial charge in [0.2, 0.25) is 0 Å². The molecule has 2 heterocycles. The summed E-state index contributed by atoms with van der Waals surface area (Å²) in [5, 5.41) is 13.2. The zero-order valence-corrected chi connectivity index (χ0v) is 16.9. The highest BCUT2D eigenvalue weighted by molar-refractivity contribution is 6.36. The van der Waals surface area contributed by atoms with Crippen LogP contribution in [-0.2, 0) is 12.7 Å². The lowest BCUT2D eigenvalue weighted by Crippen LogP contribution is -2.09. The molecule has 0 aliphatic carbocycles. The third-order valence-electron chi connectivity index (χ3n) is 4.32. The first kappa shape index (κ1) is 22.0. The van der Waals surface area contributed by atoms with E-state index in [0.29, 0.717) is 46.5 Å². The Hall–Kier alpha value is -2.71. The molecule has 0 saturated heterocycles. The second-order valence-electron chi connectivity index (χ2n) is 6.46. The van der Waals surface area contributed by atoms with Crippen molar-refractivity contribution < 1.29 is 23.1 Å². The van der Waals surface area contributed by atoms with E-state index in [-0.39, 0.29) is 5.56 Å². The topological polar surface area (TPSA) is 67.2 Å². The van der Waals surface area contributed by atoms with Crippen LogP contribution in [0, 0.1) is 0 Å². The number of benzene rings is 1. The van der Waals surface area contributed by atoms with Gasteiger partial charge in [-0.1, -0.05) is 29.3 Å². The van der Waals surface area contributed by atoms with Crippen LogP contribution in [0.5, 0.6) is 0 Å². The minimum absolute atomic E-state index is 0.108. The smallest absolute Gasteiger partial charge is 0.417 e. The van der Waals surface area contributed by atoms with E-state index in [0.717, 1.165) is 12.3 Å². The first-order valence-electron chi connectivity index (χ1n) is 8.81. The number of carbonyl (C=O) groups is 1. The third kappa shape index (κ3) is 5.25. The van der Waals surface area contributed by atoms with E-state index in [1.807, 2.05) is 0 Å². The summed E-state index contributed by atoms with van der Waals surface area (Å²) in [6.07, 6.45) is 0.139. The van der Waals surface area contributed by atoms with Gasteiger partial charge in [0, 0.05) is 52.9 Å². The molecule has 10 heteroatoms. The molecule has 0 amide bonds. The number of nitrogens with one attached hydrogen (secondary N) is 1. The van der Waals surface area contributed by atoms with Crippen molar-refractivity contribution in [2.75, 3.05) is 11.9 Å². The molecule has 0 atom stereocenters. The summed E-state index contributed by atoms with van der Waals surface area (Å²) in [5.41, 5.74) is 0.331. The van der Waals surface area contributed by atoms with Crippen molar-refractivity contribution in [1.82, 2.24) is 9.55 Å². The molecule has 0 fully saturated rings. The summed E-state index contributed by atoms with van der Waals surface area (Å²) in [4.78, 5) is 15.4. The molecule has 30 heavy (non-hydrogen) atoms. The van der Waals surface area contributed by atoms with Crippen LogP contribution in [0.4, 0.5) is 19.0 Å². The Labute approximate surface area is 180 Å². The Kier molecular flexibility index (Phi) is 6.58. The third-order valence-corrected chi connectivity index (χ3v) is 4.87. The Morgan fingerprint density at radius 2 is 1.90 bits per heavy atom. The van der Waals surface area contributed by atoms with Crippen molar-refractivity contribution in [2.24, 2.45) is 0 Å². The summed E-state index contributed by atoms with van der Waals surface area (Å²) in [6, 6.07) is 7.06. The molecule has 2 N–H and O–H groups in total. The van der Waals surface area contributed by atoms with Gasteiger partial charge in [0.1, 0.15) is 5.82 Å². The molecule has 2 aromatic heterocycles. The standard InChI is InChI=1S/C20H16Cl2F3N3O2/c21-13-3-4-14(17(22)8-13)15-10-28(11-16(15)19(29)30)7-1-6-26-18-5-2-12(9-27-18)20(23,24)25/h2-5,8-11H,1,6-7H2,(H,26,27)(H,29,30). The molecule has 3 rings (SSSR count). The molecule has 0 aliphatic heterocycles. The highest BCUT2D eigenvalue weighted by Gasteiger charge is 2.30. The molecule has 0 aliphatic rings. The first-order valence-corrected chi connectivity index (χ1v) is 9.56. The summed E-state index contributed by atoms with van der Waals surface area (Å²) >= 11 is 12.1. The number of aromatic nitrogens is 2. The van der Waals surface area contributed by atoms with E-state index < -0.39 is 17.7 Å². The molecule has 0 bridgehead atoms. The summed E-state index contributed by atoms with van der Waals surface area (Å²) in [5.74, 6) is -0.753. The molecule has 5 nitrogen and oxygen atoms in total. The molecule has 0 saturated carbocycles. The number of carboxylic acid groups (broad SMARTS) is 1. The minimum Gasteiger partial charge on any atom is -0.478 e. The average molecular weight is 458 g/mol. The molecule has 0 unspecified atom stereocenters. The highest BCUT2D eigenvalue weighted by Crippen LogP contribution is 2.33. The van der Waals surface area contributed by atoms with Crippen molar-refractivity contribution in [3.05, 3.63) is 70.1 Å². The number of carboxylic acids is 1. The number of nitrogens with zero attached hydrogens (tertiary/aromatic N) is 2. The van der Waals surface area contributed by atoms with Crippen LogP contribution in [0.25, 0.3) is 11.1 Å². The van der Waals surface area contributed by atoms with Gasteiger partial charge in [-0.25, -0.2) is 9.78 Å². The fourth-order valence-electron chi connectivity index (χ4n) is 2.87. The minimum atomic E-state index is -4.42. The number of hydrogen-bond acceptors (Lipinski definition) is 3. The van der Waals surface area contributed by atoms with Gasteiger partial charge in [0.15, 0.2) is 0 Å². The summed E-state index contributed by atoms with van der Waals surface area (Å²) in [6.45, 7) is 0.926. The van der Waals surface area contributed by atoms with Crippen LogP contribution in [0.1, 0.15) is 22.3 Å². The predicted octanol–water partition coefficient (Wildman–Crippen LogP) is 6.08. The molecular formula is C20H16Cl2F3N3O2. The highest BCUT2D eigenvalue weighted by atomic mass is 35.5. The van der Waals surface area contributed by atoms with E-state index in [4.69, 9.17) is 23.2 Å². The van der Waals surface area contributed by atoms with Gasteiger partial charge < -0.3 is 15.0 Å². The summed E-state index contributed by atoms with van der Waals surface area (Å²) < 4.78 is 39.4. The number of alkyl halides is 3. The number of halogens is 5. The van der Waals surface area contributed by atoms with Gasteiger partial charge in [0.05, 0.1) is 11.1 Å². The Morgan fingerprint density at radius 1 is 1.13 bits per heavy atom. The number of aryl methyl sites for hydroxylation is 1. The van der Waals surface area contributed by atoms with Gasteiger partial charge in [-0.3, -0.25) is 0 Å². The molecule has 1 aromatic carbocycles. The van der Waals surface area contributed by atoms with Gasteiger partial charge >= 0.3 is 12.1 Å². The fourth-order valence-corrected chi connectivity index (χ4v) is 3.38. The first-order chi connectivity index (χ1) is 14.1. The number of rotatable bonds is 7. The van der Waals surface area contributed by atoms with Crippen LogP contribution < -0.4 is 5.32 Å². The monoisotopic (exact) mass is 457 g/mol. The van der Waals surface area contributed by atoms with Crippen molar-refractivity contribution >= 4 is 35.0 Å². The lowest BCUT2D eigenvalue weighted by molar-refractivity contribution is -0.137. The number of hydrogen-bond donors (Lipinski definition) is 2. The fraction of sp³-hybridized carbons (Fsp3) is 0.200. The zero-order valence-electron chi connectivity index (χ0n) is 15.4. The van der Waals surface area contributed by atoms with E-state index >= 15 is 0 Å². The number of anilines is 1. The maximum Gasteiger partial charge on any atom is 0.417 e. The van der Waals surface area contributed by atoms with E-state index in [9.17, 15) is 23.1 Å². The Morgan fingerprint density at radius 3 is 2.50 bits per heavy atom. The number of aromatic carboxylic acids is 1.